The minimum Gasteiger partial charge on any atom is -0.465 e. The number of imide groups is 2. The molecule has 0 bridgehead atoms. The fourth-order valence-electron chi connectivity index (χ4n) is 3.99. The molecule has 4 rings (SSSR count). The standard InChI is InChI=1S/C25H23N3O5/c1-4-33-22(29)14-27-13-17(19-7-5-6-8-21(19)27)12-20-23(30)26-25(32)28(24(20)31)18-10-15(2)9-16(3)11-18/h5-13H,4,14H2,1-3H3,(H,26,30,32)/b20-12+. The zero-order valence-electron chi connectivity index (χ0n) is 18.5. The van der Waals surface area contributed by atoms with E-state index in [1.54, 1.807) is 29.8 Å². The maximum atomic E-state index is 13.3. The highest BCUT2D eigenvalue weighted by Gasteiger charge is 2.37. The number of fused-ring (bicyclic) bond motifs is 1. The SMILES string of the molecule is CCOC(=O)Cn1cc(/C=C2\C(=O)NC(=O)N(c3cc(C)cc(C)c3)C2=O)c2ccccc21. The number of aryl methyl sites for hydroxylation is 2. The van der Waals surface area contributed by atoms with Gasteiger partial charge in [-0.1, -0.05) is 24.3 Å². The zero-order valence-corrected chi connectivity index (χ0v) is 18.5. The van der Waals surface area contributed by atoms with Crippen molar-refractivity contribution in [1.29, 1.82) is 0 Å². The summed E-state index contributed by atoms with van der Waals surface area (Å²) in [5, 5.41) is 3.00. The summed E-state index contributed by atoms with van der Waals surface area (Å²) in [5.41, 5.74) is 3.31. The molecule has 33 heavy (non-hydrogen) atoms. The van der Waals surface area contributed by atoms with Gasteiger partial charge in [0.15, 0.2) is 0 Å². The molecule has 0 spiro atoms. The average Bonchev–Trinajstić information content (AvgIpc) is 3.08. The largest absolute Gasteiger partial charge is 0.465 e. The van der Waals surface area contributed by atoms with Crippen LogP contribution in [0.1, 0.15) is 23.6 Å². The Labute approximate surface area is 190 Å². The first-order chi connectivity index (χ1) is 15.8. The van der Waals surface area contributed by atoms with Gasteiger partial charge in [-0.2, -0.15) is 0 Å². The molecular weight excluding hydrogens is 422 g/mol. The summed E-state index contributed by atoms with van der Waals surface area (Å²) in [6, 6.07) is 11.9. The van der Waals surface area contributed by atoms with Crippen LogP contribution in [0.25, 0.3) is 17.0 Å². The van der Waals surface area contributed by atoms with Crippen LogP contribution in [0.2, 0.25) is 0 Å². The van der Waals surface area contributed by atoms with Crippen molar-refractivity contribution in [2.24, 2.45) is 0 Å². The van der Waals surface area contributed by atoms with Crippen LogP contribution in [0.15, 0.2) is 54.2 Å². The Kier molecular flexibility index (Phi) is 5.83. The monoisotopic (exact) mass is 445 g/mol. The second-order valence-corrected chi connectivity index (χ2v) is 7.84. The number of ether oxygens (including phenoxy) is 1. The molecule has 1 saturated heterocycles. The number of rotatable bonds is 5. The number of benzene rings is 2. The number of urea groups is 1. The van der Waals surface area contributed by atoms with E-state index in [1.165, 1.54) is 6.08 Å². The highest BCUT2D eigenvalue weighted by Crippen LogP contribution is 2.27. The third-order valence-corrected chi connectivity index (χ3v) is 5.29. The number of nitrogens with one attached hydrogen (secondary N) is 1. The van der Waals surface area contributed by atoms with Crippen molar-refractivity contribution in [3.63, 3.8) is 0 Å². The Morgan fingerprint density at radius 1 is 1.06 bits per heavy atom. The molecule has 1 aliphatic rings. The maximum absolute atomic E-state index is 13.3. The quantitative estimate of drug-likeness (QED) is 0.368. The Bertz CT molecular complexity index is 1310. The minimum atomic E-state index is -0.795. The van der Waals surface area contributed by atoms with Gasteiger partial charge >= 0.3 is 12.0 Å². The van der Waals surface area contributed by atoms with Crippen molar-refractivity contribution in [3.05, 3.63) is 70.9 Å². The van der Waals surface area contributed by atoms with Gasteiger partial charge in [-0.05, 0) is 56.2 Å². The predicted octanol–water partition coefficient (Wildman–Crippen LogP) is 3.49. The van der Waals surface area contributed by atoms with E-state index >= 15 is 0 Å². The Morgan fingerprint density at radius 3 is 2.45 bits per heavy atom. The van der Waals surface area contributed by atoms with E-state index < -0.39 is 23.8 Å². The van der Waals surface area contributed by atoms with Gasteiger partial charge in [0.1, 0.15) is 12.1 Å². The molecule has 2 aromatic carbocycles. The normalized spacial score (nSPS) is 15.3. The first-order valence-electron chi connectivity index (χ1n) is 10.5. The van der Waals surface area contributed by atoms with Gasteiger partial charge in [0.25, 0.3) is 11.8 Å². The molecular formula is C25H23N3O5. The Hall–Kier alpha value is -4.20. The van der Waals surface area contributed by atoms with Crippen molar-refractivity contribution >= 4 is 46.5 Å². The topological polar surface area (TPSA) is 97.7 Å². The van der Waals surface area contributed by atoms with Gasteiger partial charge in [-0.25, -0.2) is 9.69 Å². The molecule has 0 aliphatic carbocycles. The second kappa shape index (κ2) is 8.74. The Balaban J connectivity index is 1.78. The number of hydrogen-bond donors (Lipinski definition) is 1. The maximum Gasteiger partial charge on any atom is 0.335 e. The van der Waals surface area contributed by atoms with Gasteiger partial charge in [0, 0.05) is 22.7 Å². The highest BCUT2D eigenvalue weighted by atomic mass is 16.5. The molecule has 1 fully saturated rings. The number of hydrogen-bond acceptors (Lipinski definition) is 5. The lowest BCUT2D eigenvalue weighted by molar-refractivity contribution is -0.143. The predicted molar refractivity (Wildman–Crippen MR) is 123 cm³/mol. The van der Waals surface area contributed by atoms with Crippen LogP contribution >= 0.6 is 0 Å². The first-order valence-corrected chi connectivity index (χ1v) is 10.5. The van der Waals surface area contributed by atoms with Crippen molar-refractivity contribution < 1.29 is 23.9 Å². The van der Waals surface area contributed by atoms with E-state index in [9.17, 15) is 19.2 Å². The molecule has 1 aromatic heterocycles. The number of carbonyl (C=O) groups excluding carboxylic acids is 4. The van der Waals surface area contributed by atoms with Crippen LogP contribution in [-0.2, 0) is 25.7 Å². The van der Waals surface area contributed by atoms with Crippen LogP contribution in [0, 0.1) is 13.8 Å². The van der Waals surface area contributed by atoms with Crippen LogP contribution in [0.4, 0.5) is 10.5 Å². The fraction of sp³-hybridized carbons (Fsp3) is 0.200. The average molecular weight is 445 g/mol. The number of carbonyl (C=O) groups is 4. The summed E-state index contributed by atoms with van der Waals surface area (Å²) in [5.74, 6) is -1.88. The molecule has 0 radical (unpaired) electrons. The molecule has 0 unspecified atom stereocenters. The number of para-hydroxylation sites is 1. The third kappa shape index (κ3) is 4.27. The van der Waals surface area contributed by atoms with Crippen molar-refractivity contribution in [2.45, 2.75) is 27.3 Å². The molecule has 3 aromatic rings. The summed E-state index contributed by atoms with van der Waals surface area (Å²) < 4.78 is 6.75. The number of aromatic nitrogens is 1. The zero-order chi connectivity index (χ0) is 23.7. The molecule has 8 heteroatoms. The third-order valence-electron chi connectivity index (χ3n) is 5.29. The van der Waals surface area contributed by atoms with Crippen molar-refractivity contribution in [2.75, 3.05) is 11.5 Å². The fourth-order valence-corrected chi connectivity index (χ4v) is 3.99. The van der Waals surface area contributed by atoms with Gasteiger partial charge in [-0.15, -0.1) is 0 Å². The number of esters is 1. The molecule has 2 heterocycles. The van der Waals surface area contributed by atoms with Crippen LogP contribution in [0.3, 0.4) is 0 Å². The van der Waals surface area contributed by atoms with Crippen molar-refractivity contribution in [3.8, 4) is 0 Å². The summed E-state index contributed by atoms with van der Waals surface area (Å²) in [4.78, 5) is 51.4. The molecule has 1 N–H and O–H groups in total. The van der Waals surface area contributed by atoms with Crippen LogP contribution < -0.4 is 10.2 Å². The van der Waals surface area contributed by atoms with Crippen LogP contribution in [-0.4, -0.2) is 35.0 Å². The number of amides is 4. The molecule has 0 saturated carbocycles. The molecule has 0 atom stereocenters. The van der Waals surface area contributed by atoms with Gasteiger partial charge in [0.2, 0.25) is 0 Å². The van der Waals surface area contributed by atoms with Gasteiger partial charge < -0.3 is 9.30 Å². The number of anilines is 1. The molecule has 1 aliphatic heterocycles. The lowest BCUT2D eigenvalue weighted by atomic mass is 10.0. The summed E-state index contributed by atoms with van der Waals surface area (Å²) in [6.45, 7) is 5.72. The number of nitrogens with zero attached hydrogens (tertiary/aromatic N) is 2. The summed E-state index contributed by atoms with van der Waals surface area (Å²) in [6.07, 6.45) is 3.14. The second-order valence-electron chi connectivity index (χ2n) is 7.84. The number of barbiturate groups is 1. The van der Waals surface area contributed by atoms with E-state index in [0.717, 1.165) is 26.9 Å². The van der Waals surface area contributed by atoms with Crippen molar-refractivity contribution in [1.82, 2.24) is 9.88 Å². The smallest absolute Gasteiger partial charge is 0.335 e. The lowest BCUT2D eigenvalue weighted by Gasteiger charge is -2.26. The lowest BCUT2D eigenvalue weighted by Crippen LogP contribution is -2.54. The van der Waals surface area contributed by atoms with Gasteiger partial charge in [-0.3, -0.25) is 19.7 Å². The molecule has 8 nitrogen and oxygen atoms in total. The van der Waals surface area contributed by atoms with Crippen LogP contribution in [0.5, 0.6) is 0 Å². The van der Waals surface area contributed by atoms with E-state index in [2.05, 4.69) is 5.32 Å². The Morgan fingerprint density at radius 2 is 1.76 bits per heavy atom. The highest BCUT2D eigenvalue weighted by molar-refractivity contribution is 6.39. The van der Waals surface area contributed by atoms with Gasteiger partial charge in [0.05, 0.1) is 12.3 Å². The summed E-state index contributed by atoms with van der Waals surface area (Å²) >= 11 is 0. The van der Waals surface area contributed by atoms with E-state index in [4.69, 9.17) is 4.74 Å². The molecule has 4 amide bonds. The van der Waals surface area contributed by atoms with E-state index in [0.29, 0.717) is 11.3 Å². The molecule has 168 valence electrons. The first kappa shape index (κ1) is 22.0. The summed E-state index contributed by atoms with van der Waals surface area (Å²) in [7, 11) is 0. The van der Waals surface area contributed by atoms with E-state index in [-0.39, 0.29) is 18.7 Å². The minimum absolute atomic E-state index is 0.00908. The van der Waals surface area contributed by atoms with E-state index in [1.807, 2.05) is 44.2 Å².